The smallest absolute Gasteiger partial charge is 0.222 e. The summed E-state index contributed by atoms with van der Waals surface area (Å²) in [7, 11) is 0. The largest absolute Gasteiger partial charge is 0.396 e. The highest BCUT2D eigenvalue weighted by Crippen LogP contribution is 2.10. The predicted molar refractivity (Wildman–Crippen MR) is 60.6 cm³/mol. The van der Waals surface area contributed by atoms with E-state index < -0.39 is 0 Å². The Balaban J connectivity index is 2.46. The van der Waals surface area contributed by atoms with Crippen LogP contribution in [0.2, 0.25) is 0 Å². The van der Waals surface area contributed by atoms with Crippen molar-refractivity contribution in [2.45, 2.75) is 26.4 Å². The van der Waals surface area contributed by atoms with E-state index in [0.29, 0.717) is 24.8 Å². The molecule has 0 aliphatic carbocycles. The van der Waals surface area contributed by atoms with Crippen LogP contribution in [0.25, 0.3) is 0 Å². The van der Waals surface area contributed by atoms with Crippen LogP contribution < -0.4 is 11.1 Å². The average molecular weight is 210 g/mol. The van der Waals surface area contributed by atoms with E-state index in [0.717, 1.165) is 0 Å². The molecular formula is C10H18N4O. The zero-order chi connectivity index (χ0) is 11.3. The van der Waals surface area contributed by atoms with Gasteiger partial charge in [0.2, 0.25) is 5.95 Å². The first kappa shape index (κ1) is 11.7. The minimum Gasteiger partial charge on any atom is -0.396 e. The molecule has 84 valence electrons. The molecule has 0 radical (unpaired) electrons. The quantitative estimate of drug-likeness (QED) is 0.766. The molecule has 0 spiro atoms. The molecule has 0 saturated carbocycles. The molecule has 0 aromatic carbocycles. The summed E-state index contributed by atoms with van der Waals surface area (Å²) in [5.74, 6) is 0.567. The first-order valence-corrected chi connectivity index (χ1v) is 4.99. The zero-order valence-electron chi connectivity index (χ0n) is 9.45. The number of nitrogen functional groups attached to an aromatic ring is 1. The minimum atomic E-state index is -0.223. The van der Waals surface area contributed by atoms with Crippen molar-refractivity contribution < 1.29 is 4.74 Å². The second-order valence-electron chi connectivity index (χ2n) is 3.89. The highest BCUT2D eigenvalue weighted by Gasteiger charge is 2.17. The van der Waals surface area contributed by atoms with Crippen molar-refractivity contribution in [3.63, 3.8) is 0 Å². The molecular weight excluding hydrogens is 192 g/mol. The number of nitrogens with one attached hydrogen (secondary N) is 1. The first-order valence-electron chi connectivity index (χ1n) is 4.99. The Hall–Kier alpha value is -1.36. The molecule has 5 heteroatoms. The normalized spacial score (nSPS) is 11.4. The number of hydrogen-bond acceptors (Lipinski definition) is 5. The molecule has 0 unspecified atom stereocenters. The maximum Gasteiger partial charge on any atom is 0.222 e. The highest BCUT2D eigenvalue weighted by molar-refractivity contribution is 5.35. The second-order valence-corrected chi connectivity index (χ2v) is 3.89. The van der Waals surface area contributed by atoms with Crippen molar-refractivity contribution >= 4 is 11.6 Å². The minimum absolute atomic E-state index is 0.223. The SMILES string of the molecule is CCOC(C)(C)CNc1ncc(N)cn1. The van der Waals surface area contributed by atoms with Gasteiger partial charge in [-0.1, -0.05) is 0 Å². The van der Waals surface area contributed by atoms with Gasteiger partial charge in [-0.25, -0.2) is 9.97 Å². The van der Waals surface area contributed by atoms with Gasteiger partial charge in [0.15, 0.2) is 0 Å². The van der Waals surface area contributed by atoms with Crippen molar-refractivity contribution in [1.82, 2.24) is 9.97 Å². The fourth-order valence-electron chi connectivity index (χ4n) is 1.16. The molecule has 0 atom stereocenters. The Morgan fingerprint density at radius 3 is 2.53 bits per heavy atom. The third-order valence-electron chi connectivity index (χ3n) is 1.88. The van der Waals surface area contributed by atoms with Gasteiger partial charge in [-0.15, -0.1) is 0 Å². The molecule has 1 aromatic heterocycles. The molecule has 15 heavy (non-hydrogen) atoms. The van der Waals surface area contributed by atoms with Gasteiger partial charge in [0.25, 0.3) is 0 Å². The molecule has 1 heterocycles. The molecule has 0 aliphatic heterocycles. The van der Waals surface area contributed by atoms with E-state index in [2.05, 4.69) is 15.3 Å². The number of aromatic nitrogens is 2. The Kier molecular flexibility index (Phi) is 3.85. The van der Waals surface area contributed by atoms with Crippen LogP contribution in [0, 0.1) is 0 Å². The van der Waals surface area contributed by atoms with E-state index in [9.17, 15) is 0 Å². The average Bonchev–Trinajstić information content (AvgIpc) is 2.17. The predicted octanol–water partition coefficient (Wildman–Crippen LogP) is 1.29. The van der Waals surface area contributed by atoms with Crippen molar-refractivity contribution in [2.75, 3.05) is 24.2 Å². The van der Waals surface area contributed by atoms with Gasteiger partial charge in [0.1, 0.15) is 0 Å². The summed E-state index contributed by atoms with van der Waals surface area (Å²) in [5.41, 5.74) is 5.82. The summed E-state index contributed by atoms with van der Waals surface area (Å²) < 4.78 is 5.53. The van der Waals surface area contributed by atoms with Crippen LogP contribution in [0.3, 0.4) is 0 Å². The number of hydrogen-bond donors (Lipinski definition) is 2. The van der Waals surface area contributed by atoms with Gasteiger partial charge in [-0.05, 0) is 20.8 Å². The number of anilines is 2. The lowest BCUT2D eigenvalue weighted by atomic mass is 10.1. The van der Waals surface area contributed by atoms with Crippen LogP contribution in [0.1, 0.15) is 20.8 Å². The topological polar surface area (TPSA) is 73.1 Å². The van der Waals surface area contributed by atoms with Gasteiger partial charge in [0.05, 0.1) is 23.7 Å². The van der Waals surface area contributed by atoms with E-state index in [1.54, 1.807) is 12.4 Å². The van der Waals surface area contributed by atoms with Gasteiger partial charge in [-0.2, -0.15) is 0 Å². The molecule has 0 saturated heterocycles. The van der Waals surface area contributed by atoms with Crippen LogP contribution in [0.4, 0.5) is 11.6 Å². The molecule has 1 rings (SSSR count). The van der Waals surface area contributed by atoms with Crippen LogP contribution in [-0.2, 0) is 4.74 Å². The van der Waals surface area contributed by atoms with Gasteiger partial charge in [0, 0.05) is 13.2 Å². The molecule has 0 amide bonds. The van der Waals surface area contributed by atoms with Crippen molar-refractivity contribution in [1.29, 1.82) is 0 Å². The maximum atomic E-state index is 5.53. The van der Waals surface area contributed by atoms with Crippen molar-refractivity contribution in [2.24, 2.45) is 0 Å². The summed E-state index contributed by atoms with van der Waals surface area (Å²) in [6.07, 6.45) is 3.14. The fourth-order valence-corrected chi connectivity index (χ4v) is 1.16. The Bertz CT molecular complexity index is 297. The summed E-state index contributed by atoms with van der Waals surface area (Å²) in [4.78, 5) is 8.08. The first-order chi connectivity index (χ1) is 7.03. The van der Waals surface area contributed by atoms with Crippen LogP contribution in [0.15, 0.2) is 12.4 Å². The highest BCUT2D eigenvalue weighted by atomic mass is 16.5. The van der Waals surface area contributed by atoms with Crippen molar-refractivity contribution in [3.05, 3.63) is 12.4 Å². The van der Waals surface area contributed by atoms with E-state index in [1.165, 1.54) is 0 Å². The number of ether oxygens (including phenoxy) is 1. The van der Waals surface area contributed by atoms with E-state index in [1.807, 2.05) is 20.8 Å². The molecule has 0 bridgehead atoms. The van der Waals surface area contributed by atoms with E-state index in [4.69, 9.17) is 10.5 Å². The van der Waals surface area contributed by atoms with Crippen LogP contribution in [0.5, 0.6) is 0 Å². The number of nitrogens with zero attached hydrogens (tertiary/aromatic N) is 2. The van der Waals surface area contributed by atoms with Gasteiger partial charge in [-0.3, -0.25) is 0 Å². The third-order valence-corrected chi connectivity index (χ3v) is 1.88. The molecule has 5 nitrogen and oxygen atoms in total. The fraction of sp³-hybridized carbons (Fsp3) is 0.600. The Morgan fingerprint density at radius 1 is 1.40 bits per heavy atom. The number of rotatable bonds is 5. The molecule has 0 fully saturated rings. The standard InChI is InChI=1S/C10H18N4O/c1-4-15-10(2,3)7-14-9-12-5-8(11)6-13-9/h5-6H,4,7,11H2,1-3H3,(H,12,13,14). The lowest BCUT2D eigenvalue weighted by molar-refractivity contribution is 0.000583. The lowest BCUT2D eigenvalue weighted by Crippen LogP contribution is -2.33. The van der Waals surface area contributed by atoms with Crippen LogP contribution in [-0.4, -0.2) is 28.7 Å². The van der Waals surface area contributed by atoms with Gasteiger partial charge >= 0.3 is 0 Å². The van der Waals surface area contributed by atoms with E-state index in [-0.39, 0.29) is 5.60 Å². The summed E-state index contributed by atoms with van der Waals surface area (Å²) in [5, 5.41) is 3.09. The summed E-state index contributed by atoms with van der Waals surface area (Å²) in [6, 6.07) is 0. The zero-order valence-corrected chi connectivity index (χ0v) is 9.45. The molecule has 1 aromatic rings. The number of nitrogens with two attached hydrogens (primary N) is 1. The van der Waals surface area contributed by atoms with Crippen molar-refractivity contribution in [3.8, 4) is 0 Å². The second kappa shape index (κ2) is 4.93. The maximum absolute atomic E-state index is 5.53. The molecule has 3 N–H and O–H groups in total. The lowest BCUT2D eigenvalue weighted by Gasteiger charge is -2.24. The van der Waals surface area contributed by atoms with Crippen LogP contribution >= 0.6 is 0 Å². The Morgan fingerprint density at radius 2 is 2.00 bits per heavy atom. The molecule has 0 aliphatic rings. The van der Waals surface area contributed by atoms with Gasteiger partial charge < -0.3 is 15.8 Å². The Labute approximate surface area is 90.1 Å². The summed E-state index contributed by atoms with van der Waals surface area (Å²) in [6.45, 7) is 7.35. The summed E-state index contributed by atoms with van der Waals surface area (Å²) >= 11 is 0. The monoisotopic (exact) mass is 210 g/mol. The van der Waals surface area contributed by atoms with E-state index >= 15 is 0 Å². The third kappa shape index (κ3) is 4.12.